The van der Waals surface area contributed by atoms with Gasteiger partial charge in [0.05, 0.1) is 10.0 Å². The number of nitrogens with zero attached hydrogens (tertiary/aromatic N) is 2. The van der Waals surface area contributed by atoms with Gasteiger partial charge in [-0.25, -0.2) is 4.98 Å². The van der Waals surface area contributed by atoms with Gasteiger partial charge in [0.1, 0.15) is 11.6 Å². The third kappa shape index (κ3) is 2.67. The Hall–Kier alpha value is -0.670. The molecule has 0 aromatic carbocycles. The fourth-order valence-electron chi connectivity index (χ4n) is 1.43. The van der Waals surface area contributed by atoms with E-state index in [4.69, 9.17) is 28.9 Å². The van der Waals surface area contributed by atoms with Crippen LogP contribution in [0.3, 0.4) is 0 Å². The summed E-state index contributed by atoms with van der Waals surface area (Å²) in [6, 6.07) is 1.95. The molecule has 1 aromatic rings. The minimum Gasteiger partial charge on any atom is -0.382 e. The van der Waals surface area contributed by atoms with Crippen molar-refractivity contribution in [3.63, 3.8) is 0 Å². The number of pyridine rings is 1. The molecule has 15 heavy (non-hydrogen) atoms. The first kappa shape index (κ1) is 12.4. The van der Waals surface area contributed by atoms with E-state index in [-0.39, 0.29) is 0 Å². The Labute approximate surface area is 100 Å². The quantitative estimate of drug-likeness (QED) is 0.893. The molecule has 0 aliphatic heterocycles. The summed E-state index contributed by atoms with van der Waals surface area (Å²) in [4.78, 5) is 6.27. The molecule has 1 heterocycles. The summed E-state index contributed by atoms with van der Waals surface area (Å²) >= 11 is 11.9. The molecule has 0 fully saturated rings. The lowest BCUT2D eigenvalue weighted by Gasteiger charge is -2.27. The second-order valence-electron chi connectivity index (χ2n) is 3.54. The Morgan fingerprint density at radius 2 is 2.00 bits per heavy atom. The number of halogens is 2. The van der Waals surface area contributed by atoms with Gasteiger partial charge in [-0.1, -0.05) is 23.2 Å². The van der Waals surface area contributed by atoms with E-state index in [1.807, 2.05) is 6.92 Å². The minimum absolute atomic E-state index is 0.315. The van der Waals surface area contributed by atoms with Gasteiger partial charge in [-0.2, -0.15) is 0 Å². The molecule has 2 N–H and O–H groups in total. The lowest BCUT2D eigenvalue weighted by Crippen LogP contribution is -2.31. The van der Waals surface area contributed by atoms with Crippen molar-refractivity contribution in [3.05, 3.63) is 16.1 Å². The fourth-order valence-corrected chi connectivity index (χ4v) is 1.90. The van der Waals surface area contributed by atoms with Crippen LogP contribution in [0.15, 0.2) is 6.07 Å². The number of nitrogen functional groups attached to an aromatic ring is 1. The Balaban J connectivity index is 3.18. The van der Waals surface area contributed by atoms with Gasteiger partial charge in [-0.05, 0) is 26.8 Å². The van der Waals surface area contributed by atoms with Gasteiger partial charge < -0.3 is 10.6 Å². The summed E-state index contributed by atoms with van der Waals surface area (Å²) < 4.78 is 0. The van der Waals surface area contributed by atoms with E-state index in [2.05, 4.69) is 23.7 Å². The first-order valence-electron chi connectivity index (χ1n) is 4.85. The van der Waals surface area contributed by atoms with E-state index in [9.17, 15) is 0 Å². The van der Waals surface area contributed by atoms with Crippen molar-refractivity contribution in [2.75, 3.05) is 17.2 Å². The maximum atomic E-state index is 6.07. The molecule has 0 spiro atoms. The molecule has 84 valence electrons. The van der Waals surface area contributed by atoms with Crippen LogP contribution in [0.25, 0.3) is 0 Å². The molecule has 0 unspecified atom stereocenters. The van der Waals surface area contributed by atoms with Crippen molar-refractivity contribution in [3.8, 4) is 0 Å². The van der Waals surface area contributed by atoms with E-state index < -0.39 is 0 Å². The molecule has 1 rings (SSSR count). The standard InChI is InChI=1S/C10H15Cl2N3/c1-4-15(6(2)3)10-8(12)5-7(11)9(13)14-10/h5-6H,4H2,1-3H3,(H2,13,14). The highest BCUT2D eigenvalue weighted by Crippen LogP contribution is 2.30. The van der Waals surface area contributed by atoms with Crippen LogP contribution in [-0.2, 0) is 0 Å². The van der Waals surface area contributed by atoms with Gasteiger partial charge in [-0.3, -0.25) is 0 Å². The molecular formula is C10H15Cl2N3. The first-order valence-corrected chi connectivity index (χ1v) is 5.61. The molecule has 0 aliphatic rings. The van der Waals surface area contributed by atoms with Gasteiger partial charge in [0.25, 0.3) is 0 Å². The second-order valence-corrected chi connectivity index (χ2v) is 4.36. The van der Waals surface area contributed by atoms with Crippen LogP contribution in [0.2, 0.25) is 10.0 Å². The zero-order valence-electron chi connectivity index (χ0n) is 9.09. The highest BCUT2D eigenvalue weighted by atomic mass is 35.5. The normalized spacial score (nSPS) is 10.8. The maximum absolute atomic E-state index is 6.07. The Kier molecular flexibility index (Phi) is 4.05. The third-order valence-electron chi connectivity index (χ3n) is 2.17. The number of rotatable bonds is 3. The summed E-state index contributed by atoms with van der Waals surface area (Å²) in [6.45, 7) is 7.02. The van der Waals surface area contributed by atoms with Crippen molar-refractivity contribution in [1.82, 2.24) is 4.98 Å². The average Bonchev–Trinajstić information content (AvgIpc) is 2.14. The third-order valence-corrected chi connectivity index (χ3v) is 2.76. The van der Waals surface area contributed by atoms with E-state index in [1.165, 1.54) is 0 Å². The van der Waals surface area contributed by atoms with Crippen molar-refractivity contribution < 1.29 is 0 Å². The number of hydrogen-bond donors (Lipinski definition) is 1. The van der Waals surface area contributed by atoms with Crippen LogP contribution < -0.4 is 10.6 Å². The number of aromatic nitrogens is 1. The average molecular weight is 248 g/mol. The zero-order valence-corrected chi connectivity index (χ0v) is 10.6. The highest BCUT2D eigenvalue weighted by molar-refractivity contribution is 6.37. The largest absolute Gasteiger partial charge is 0.382 e. The SMILES string of the molecule is CCN(c1nc(N)c(Cl)cc1Cl)C(C)C. The number of anilines is 2. The topological polar surface area (TPSA) is 42.2 Å². The highest BCUT2D eigenvalue weighted by Gasteiger charge is 2.15. The van der Waals surface area contributed by atoms with E-state index in [0.717, 1.165) is 6.54 Å². The van der Waals surface area contributed by atoms with Gasteiger partial charge >= 0.3 is 0 Å². The van der Waals surface area contributed by atoms with Crippen LogP contribution in [0, 0.1) is 0 Å². The molecule has 5 heteroatoms. The molecule has 0 amide bonds. The lowest BCUT2D eigenvalue weighted by atomic mass is 10.3. The molecule has 0 bridgehead atoms. The number of hydrogen-bond acceptors (Lipinski definition) is 3. The molecule has 0 saturated heterocycles. The summed E-state index contributed by atoms with van der Waals surface area (Å²) in [6.07, 6.45) is 0. The molecule has 0 atom stereocenters. The minimum atomic E-state index is 0.315. The van der Waals surface area contributed by atoms with Crippen LogP contribution in [0.1, 0.15) is 20.8 Å². The fraction of sp³-hybridized carbons (Fsp3) is 0.500. The van der Waals surface area contributed by atoms with Crippen LogP contribution >= 0.6 is 23.2 Å². The molecule has 0 radical (unpaired) electrons. The predicted octanol–water partition coefficient (Wildman–Crippen LogP) is 3.21. The van der Waals surface area contributed by atoms with Crippen LogP contribution in [0.4, 0.5) is 11.6 Å². The van der Waals surface area contributed by atoms with Gasteiger partial charge in [0.2, 0.25) is 0 Å². The number of nitrogens with two attached hydrogens (primary N) is 1. The van der Waals surface area contributed by atoms with Crippen molar-refractivity contribution in [2.45, 2.75) is 26.8 Å². The zero-order chi connectivity index (χ0) is 11.6. The van der Waals surface area contributed by atoms with E-state index in [0.29, 0.717) is 27.7 Å². The Bertz CT molecular complexity index is 353. The summed E-state index contributed by atoms with van der Waals surface area (Å²) in [5, 5.41) is 0.924. The first-order chi connectivity index (χ1) is 6.97. The molecule has 1 aromatic heterocycles. The van der Waals surface area contributed by atoms with Gasteiger partial charge in [-0.15, -0.1) is 0 Å². The van der Waals surface area contributed by atoms with Crippen molar-refractivity contribution >= 4 is 34.8 Å². The Morgan fingerprint density at radius 1 is 1.40 bits per heavy atom. The Morgan fingerprint density at radius 3 is 2.47 bits per heavy atom. The van der Waals surface area contributed by atoms with E-state index in [1.54, 1.807) is 6.07 Å². The van der Waals surface area contributed by atoms with Crippen LogP contribution in [-0.4, -0.2) is 17.6 Å². The molecule has 0 saturated carbocycles. The molecule has 0 aliphatic carbocycles. The smallest absolute Gasteiger partial charge is 0.150 e. The summed E-state index contributed by atoms with van der Waals surface area (Å²) in [7, 11) is 0. The van der Waals surface area contributed by atoms with Crippen molar-refractivity contribution in [1.29, 1.82) is 0 Å². The predicted molar refractivity (Wildman–Crippen MR) is 66.8 cm³/mol. The monoisotopic (exact) mass is 247 g/mol. The maximum Gasteiger partial charge on any atom is 0.150 e. The van der Waals surface area contributed by atoms with Gasteiger partial charge in [0.15, 0.2) is 0 Å². The van der Waals surface area contributed by atoms with Crippen molar-refractivity contribution in [2.24, 2.45) is 0 Å². The lowest BCUT2D eigenvalue weighted by molar-refractivity contribution is 0.694. The summed E-state index contributed by atoms with van der Waals surface area (Å²) in [5.41, 5.74) is 5.65. The van der Waals surface area contributed by atoms with E-state index >= 15 is 0 Å². The second kappa shape index (κ2) is 4.90. The molecule has 3 nitrogen and oxygen atoms in total. The summed E-state index contributed by atoms with van der Waals surface area (Å²) in [5.74, 6) is 1.01. The molecular weight excluding hydrogens is 233 g/mol. The van der Waals surface area contributed by atoms with Crippen LogP contribution in [0.5, 0.6) is 0 Å². The van der Waals surface area contributed by atoms with Gasteiger partial charge in [0, 0.05) is 12.6 Å².